The number of halogens is 1. The van der Waals surface area contributed by atoms with Gasteiger partial charge in [-0.2, -0.15) is 5.10 Å². The Morgan fingerprint density at radius 1 is 1.30 bits per heavy atom. The molecule has 0 fully saturated rings. The molecular formula is C18H14FN5O3. The Kier molecular flexibility index (Phi) is 5.31. The van der Waals surface area contributed by atoms with Crippen LogP contribution < -0.4 is 5.32 Å². The van der Waals surface area contributed by atoms with Crippen LogP contribution in [0.3, 0.4) is 0 Å². The lowest BCUT2D eigenvalue weighted by molar-refractivity contribution is -0.385. The number of rotatable bonds is 6. The number of nitrogens with zero attached hydrogens (tertiary/aromatic N) is 4. The summed E-state index contributed by atoms with van der Waals surface area (Å²) < 4.78 is 14.7. The van der Waals surface area contributed by atoms with Crippen molar-refractivity contribution >= 4 is 17.7 Å². The predicted octanol–water partition coefficient (Wildman–Crippen LogP) is 2.64. The zero-order chi connectivity index (χ0) is 19.2. The number of nitro groups is 1. The predicted molar refractivity (Wildman–Crippen MR) is 95.3 cm³/mol. The second kappa shape index (κ2) is 8.00. The van der Waals surface area contributed by atoms with Crippen LogP contribution in [0.25, 0.3) is 11.9 Å². The maximum atomic E-state index is 13.1. The average molecular weight is 367 g/mol. The van der Waals surface area contributed by atoms with E-state index in [4.69, 9.17) is 0 Å². The van der Waals surface area contributed by atoms with E-state index in [2.05, 4.69) is 15.4 Å². The highest BCUT2D eigenvalue weighted by atomic mass is 19.1. The molecule has 2 heterocycles. The van der Waals surface area contributed by atoms with Crippen molar-refractivity contribution in [2.24, 2.45) is 0 Å². The summed E-state index contributed by atoms with van der Waals surface area (Å²) in [6.45, 7) is 0.242. The maximum absolute atomic E-state index is 13.1. The van der Waals surface area contributed by atoms with Crippen LogP contribution >= 0.6 is 0 Å². The fraction of sp³-hybridized carbons (Fsp3) is 0.0556. The standard InChI is InChI=1S/C18H14FN5O3/c19-15-4-2-14(16(11-15)24(26)27)3-5-18(25)21-12-13-6-8-20-17(10-13)23-9-1-7-22-23/h1-11H,12H2,(H,21,25). The van der Waals surface area contributed by atoms with E-state index >= 15 is 0 Å². The number of pyridine rings is 1. The molecule has 0 aliphatic carbocycles. The summed E-state index contributed by atoms with van der Waals surface area (Å²) in [7, 11) is 0. The van der Waals surface area contributed by atoms with Crippen LogP contribution in [0.4, 0.5) is 10.1 Å². The molecule has 0 bridgehead atoms. The maximum Gasteiger partial charge on any atom is 0.279 e. The smallest absolute Gasteiger partial charge is 0.279 e. The van der Waals surface area contributed by atoms with Gasteiger partial charge in [0.15, 0.2) is 5.82 Å². The molecule has 27 heavy (non-hydrogen) atoms. The molecule has 0 aliphatic rings. The van der Waals surface area contributed by atoms with Gasteiger partial charge in [0.2, 0.25) is 5.91 Å². The molecule has 0 radical (unpaired) electrons. The van der Waals surface area contributed by atoms with Gasteiger partial charge in [0.25, 0.3) is 5.69 Å². The Morgan fingerprint density at radius 3 is 2.89 bits per heavy atom. The zero-order valence-electron chi connectivity index (χ0n) is 13.9. The van der Waals surface area contributed by atoms with Crippen LogP contribution in [0.1, 0.15) is 11.1 Å². The summed E-state index contributed by atoms with van der Waals surface area (Å²) in [6.07, 6.45) is 7.43. The van der Waals surface area contributed by atoms with Crippen LogP contribution in [0.2, 0.25) is 0 Å². The Bertz CT molecular complexity index is 1000. The van der Waals surface area contributed by atoms with Crippen LogP contribution in [0, 0.1) is 15.9 Å². The summed E-state index contributed by atoms with van der Waals surface area (Å²) in [5, 5.41) is 17.7. The first-order valence-electron chi connectivity index (χ1n) is 7.88. The highest BCUT2D eigenvalue weighted by Gasteiger charge is 2.12. The molecule has 1 amide bonds. The second-order valence-corrected chi connectivity index (χ2v) is 5.48. The Labute approximate surface area is 153 Å². The largest absolute Gasteiger partial charge is 0.348 e. The molecule has 1 N–H and O–H groups in total. The minimum atomic E-state index is -0.714. The Morgan fingerprint density at radius 2 is 2.15 bits per heavy atom. The van der Waals surface area contributed by atoms with Crippen molar-refractivity contribution in [3.8, 4) is 5.82 Å². The molecule has 0 aliphatic heterocycles. The fourth-order valence-electron chi connectivity index (χ4n) is 2.33. The van der Waals surface area contributed by atoms with Crippen molar-refractivity contribution in [2.45, 2.75) is 6.54 Å². The van der Waals surface area contributed by atoms with E-state index in [9.17, 15) is 19.3 Å². The van der Waals surface area contributed by atoms with Crippen LogP contribution in [0.5, 0.6) is 0 Å². The van der Waals surface area contributed by atoms with Gasteiger partial charge in [-0.15, -0.1) is 0 Å². The molecule has 3 rings (SSSR count). The van der Waals surface area contributed by atoms with E-state index in [-0.39, 0.29) is 12.1 Å². The lowest BCUT2D eigenvalue weighted by Gasteiger charge is -2.05. The molecule has 136 valence electrons. The molecule has 0 saturated heterocycles. The van der Waals surface area contributed by atoms with E-state index in [1.807, 2.05) is 0 Å². The molecule has 8 nitrogen and oxygen atoms in total. The van der Waals surface area contributed by atoms with E-state index in [1.165, 1.54) is 12.1 Å². The molecule has 9 heteroatoms. The van der Waals surface area contributed by atoms with Crippen LogP contribution in [-0.2, 0) is 11.3 Å². The van der Waals surface area contributed by atoms with Crippen molar-refractivity contribution in [3.05, 3.63) is 88.1 Å². The summed E-state index contributed by atoms with van der Waals surface area (Å²) in [5.74, 6) is -0.538. The lowest BCUT2D eigenvalue weighted by Crippen LogP contribution is -2.20. The molecular weight excluding hydrogens is 353 g/mol. The monoisotopic (exact) mass is 367 g/mol. The Balaban J connectivity index is 1.65. The number of carbonyl (C=O) groups excluding carboxylic acids is 1. The highest BCUT2D eigenvalue weighted by molar-refractivity contribution is 5.92. The van der Waals surface area contributed by atoms with Crippen molar-refractivity contribution in [3.63, 3.8) is 0 Å². The van der Waals surface area contributed by atoms with Gasteiger partial charge in [0.05, 0.1) is 16.6 Å². The topological polar surface area (TPSA) is 103 Å². The van der Waals surface area contributed by atoms with Gasteiger partial charge in [-0.3, -0.25) is 14.9 Å². The molecule has 0 spiro atoms. The van der Waals surface area contributed by atoms with Gasteiger partial charge in [-0.1, -0.05) is 0 Å². The molecule has 0 saturated carbocycles. The highest BCUT2D eigenvalue weighted by Crippen LogP contribution is 2.21. The molecule has 0 unspecified atom stereocenters. The van der Waals surface area contributed by atoms with Crippen LogP contribution in [0.15, 0.2) is 61.1 Å². The lowest BCUT2D eigenvalue weighted by atomic mass is 10.1. The minimum absolute atomic E-state index is 0.140. The number of aromatic nitrogens is 3. The number of nitro benzene ring substituents is 1. The normalized spacial score (nSPS) is 10.9. The van der Waals surface area contributed by atoms with Crippen LogP contribution in [-0.4, -0.2) is 25.6 Å². The number of amides is 1. The van der Waals surface area contributed by atoms with E-state index in [1.54, 1.807) is 41.5 Å². The summed E-state index contributed by atoms with van der Waals surface area (Å²) in [5.41, 5.74) is 0.545. The van der Waals surface area contributed by atoms with Crippen molar-refractivity contribution < 1.29 is 14.1 Å². The van der Waals surface area contributed by atoms with Gasteiger partial charge >= 0.3 is 0 Å². The number of benzene rings is 1. The Hall–Kier alpha value is -3.88. The second-order valence-electron chi connectivity index (χ2n) is 5.48. The number of hydrogen-bond acceptors (Lipinski definition) is 5. The summed E-state index contributed by atoms with van der Waals surface area (Å²) >= 11 is 0. The van der Waals surface area contributed by atoms with Gasteiger partial charge in [0, 0.05) is 31.2 Å². The summed E-state index contributed by atoms with van der Waals surface area (Å²) in [4.78, 5) is 26.4. The van der Waals surface area contributed by atoms with Crippen molar-refractivity contribution in [2.75, 3.05) is 0 Å². The van der Waals surface area contributed by atoms with E-state index in [0.717, 1.165) is 23.8 Å². The first-order valence-corrected chi connectivity index (χ1v) is 7.88. The average Bonchev–Trinajstić information content (AvgIpc) is 3.20. The number of carbonyl (C=O) groups is 1. The molecule has 2 aromatic heterocycles. The van der Waals surface area contributed by atoms with Crippen molar-refractivity contribution in [1.82, 2.24) is 20.1 Å². The van der Waals surface area contributed by atoms with E-state index in [0.29, 0.717) is 5.82 Å². The van der Waals surface area contributed by atoms with Gasteiger partial charge in [-0.25, -0.2) is 14.1 Å². The molecule has 0 atom stereocenters. The fourth-order valence-corrected chi connectivity index (χ4v) is 2.33. The summed E-state index contributed by atoms with van der Waals surface area (Å²) in [6, 6.07) is 8.46. The quantitative estimate of drug-likeness (QED) is 0.410. The SMILES string of the molecule is O=C(C=Cc1ccc(F)cc1[N+](=O)[O-])NCc1ccnc(-n2cccn2)c1. The minimum Gasteiger partial charge on any atom is -0.348 e. The number of hydrogen-bond donors (Lipinski definition) is 1. The first-order chi connectivity index (χ1) is 13.0. The molecule has 1 aromatic carbocycles. The third-order valence-corrected chi connectivity index (χ3v) is 3.62. The van der Waals surface area contributed by atoms with Gasteiger partial charge < -0.3 is 5.32 Å². The first kappa shape index (κ1) is 17.9. The van der Waals surface area contributed by atoms with E-state index < -0.39 is 22.3 Å². The number of nitrogens with one attached hydrogen (secondary N) is 1. The molecule has 3 aromatic rings. The van der Waals surface area contributed by atoms with Gasteiger partial charge in [0.1, 0.15) is 5.82 Å². The van der Waals surface area contributed by atoms with Crippen molar-refractivity contribution in [1.29, 1.82) is 0 Å². The third-order valence-electron chi connectivity index (χ3n) is 3.62. The third kappa shape index (κ3) is 4.60. The van der Waals surface area contributed by atoms with Gasteiger partial charge in [-0.05, 0) is 42.0 Å². The zero-order valence-corrected chi connectivity index (χ0v) is 13.9.